The molecule has 0 heterocycles. The number of hydrogen-bond donors (Lipinski definition) is 1. The molecule has 8 nitrogen and oxygen atoms in total. The molecule has 2 amide bonds. The van der Waals surface area contributed by atoms with Crippen LogP contribution in [0.5, 0.6) is 5.75 Å². The Hall–Kier alpha value is -4.05. The molecule has 4 rings (SSSR count). The lowest BCUT2D eigenvalue weighted by atomic mass is 10.0. The summed E-state index contributed by atoms with van der Waals surface area (Å²) in [4.78, 5) is 30.1. The summed E-state index contributed by atoms with van der Waals surface area (Å²) in [6.07, 6.45) is 0.176. The van der Waals surface area contributed by atoms with Crippen LogP contribution in [0.1, 0.15) is 37.5 Å². The zero-order valence-electron chi connectivity index (χ0n) is 27.0. The largest absolute Gasteiger partial charge is 0.495 e. The van der Waals surface area contributed by atoms with Gasteiger partial charge in [-0.3, -0.25) is 13.9 Å². The Labute approximate surface area is 287 Å². The van der Waals surface area contributed by atoms with E-state index in [1.54, 1.807) is 54.6 Å². The van der Waals surface area contributed by atoms with Crippen molar-refractivity contribution in [2.24, 2.45) is 0 Å². The summed E-state index contributed by atoms with van der Waals surface area (Å²) in [5.74, 6) is -0.735. The average molecular weight is 697 g/mol. The first-order chi connectivity index (χ1) is 22.2. The predicted octanol–water partition coefficient (Wildman–Crippen LogP) is 7.06. The number of rotatable bonds is 12. The fourth-order valence-corrected chi connectivity index (χ4v) is 6.77. The summed E-state index contributed by atoms with van der Waals surface area (Å²) in [6, 6.07) is 26.3. The number of halogens is 2. The second-order valence-corrected chi connectivity index (χ2v) is 14.9. The number of sulfonamides is 1. The second-order valence-electron chi connectivity index (χ2n) is 12.2. The number of aryl methyl sites for hydroxylation is 1. The first-order valence-electron chi connectivity index (χ1n) is 15.0. The van der Waals surface area contributed by atoms with Crippen LogP contribution in [0.2, 0.25) is 10.0 Å². The van der Waals surface area contributed by atoms with Crippen molar-refractivity contribution in [3.8, 4) is 5.75 Å². The van der Waals surface area contributed by atoms with Crippen molar-refractivity contribution in [2.75, 3.05) is 18.0 Å². The molecule has 4 aromatic carbocycles. The van der Waals surface area contributed by atoms with Crippen LogP contribution in [0.25, 0.3) is 0 Å². The van der Waals surface area contributed by atoms with Gasteiger partial charge in [0.1, 0.15) is 18.3 Å². The highest BCUT2D eigenvalue weighted by Gasteiger charge is 2.36. The fraction of sp³-hybridized carbons (Fsp3) is 0.278. The van der Waals surface area contributed by atoms with Gasteiger partial charge in [0.15, 0.2) is 0 Å². The highest BCUT2D eigenvalue weighted by Crippen LogP contribution is 2.33. The van der Waals surface area contributed by atoms with E-state index in [4.69, 9.17) is 27.9 Å². The molecule has 1 atom stereocenters. The zero-order valence-corrected chi connectivity index (χ0v) is 29.4. The Morgan fingerprint density at radius 1 is 0.851 bits per heavy atom. The maximum atomic E-state index is 14.7. The van der Waals surface area contributed by atoms with Gasteiger partial charge in [-0.1, -0.05) is 89.4 Å². The van der Waals surface area contributed by atoms with Gasteiger partial charge in [0.25, 0.3) is 10.0 Å². The standard InChI is InChI=1S/C36H39Cl2N3O5S/c1-25-15-18-28(19-16-25)47(44,45)41(31-13-9-10-14-33(31)46-5)24-34(42)40(23-27-17-20-29(37)30(38)21-27)32(35(43)39-36(2,3)4)22-26-11-7-6-8-12-26/h6-21,32H,22-24H2,1-5H3,(H,39,43)/t32-/m0/s1. The van der Waals surface area contributed by atoms with Gasteiger partial charge in [-0.15, -0.1) is 0 Å². The van der Waals surface area contributed by atoms with E-state index in [1.165, 1.54) is 24.1 Å². The molecular weight excluding hydrogens is 657 g/mol. The molecule has 0 spiro atoms. The molecule has 4 aromatic rings. The van der Waals surface area contributed by atoms with Gasteiger partial charge in [-0.2, -0.15) is 0 Å². The molecule has 1 N–H and O–H groups in total. The number of hydrogen-bond acceptors (Lipinski definition) is 5. The summed E-state index contributed by atoms with van der Waals surface area (Å²) in [7, 11) is -2.85. The van der Waals surface area contributed by atoms with Gasteiger partial charge in [-0.25, -0.2) is 8.42 Å². The van der Waals surface area contributed by atoms with Crippen molar-refractivity contribution in [3.63, 3.8) is 0 Å². The summed E-state index contributed by atoms with van der Waals surface area (Å²) in [5.41, 5.74) is 1.88. The van der Waals surface area contributed by atoms with Crippen molar-refractivity contribution >= 4 is 50.7 Å². The van der Waals surface area contributed by atoms with Gasteiger partial charge in [0.2, 0.25) is 11.8 Å². The number of benzene rings is 4. The lowest BCUT2D eigenvalue weighted by Gasteiger charge is -2.35. The monoisotopic (exact) mass is 695 g/mol. The molecule has 11 heteroatoms. The Morgan fingerprint density at radius 2 is 1.49 bits per heavy atom. The highest BCUT2D eigenvalue weighted by atomic mass is 35.5. The average Bonchev–Trinajstić information content (AvgIpc) is 3.03. The molecule has 0 aromatic heterocycles. The van der Waals surface area contributed by atoms with E-state index < -0.39 is 34.1 Å². The maximum Gasteiger partial charge on any atom is 0.264 e. The van der Waals surface area contributed by atoms with Crippen LogP contribution in [-0.2, 0) is 32.6 Å². The van der Waals surface area contributed by atoms with Crippen molar-refractivity contribution in [2.45, 2.75) is 57.1 Å². The molecule has 0 aliphatic carbocycles. The van der Waals surface area contributed by atoms with E-state index in [0.29, 0.717) is 10.6 Å². The smallest absolute Gasteiger partial charge is 0.264 e. The summed E-state index contributed by atoms with van der Waals surface area (Å²) in [5, 5.41) is 3.64. The van der Waals surface area contributed by atoms with Gasteiger partial charge >= 0.3 is 0 Å². The number of anilines is 1. The lowest BCUT2D eigenvalue weighted by Crippen LogP contribution is -2.56. The van der Waals surface area contributed by atoms with Crippen molar-refractivity contribution in [3.05, 3.63) is 124 Å². The van der Waals surface area contributed by atoms with E-state index in [2.05, 4.69) is 5.32 Å². The van der Waals surface area contributed by atoms with E-state index in [0.717, 1.165) is 15.4 Å². The van der Waals surface area contributed by atoms with E-state index in [9.17, 15) is 18.0 Å². The quantitative estimate of drug-likeness (QED) is 0.171. The van der Waals surface area contributed by atoms with Gasteiger partial charge in [0.05, 0.1) is 27.7 Å². The molecule has 0 saturated carbocycles. The van der Waals surface area contributed by atoms with Crippen LogP contribution >= 0.6 is 23.2 Å². The number of methoxy groups -OCH3 is 1. The molecule has 47 heavy (non-hydrogen) atoms. The molecular formula is C36H39Cl2N3O5S. The van der Waals surface area contributed by atoms with Gasteiger partial charge < -0.3 is 15.0 Å². The molecule has 0 saturated heterocycles. The van der Waals surface area contributed by atoms with Gasteiger partial charge in [-0.05, 0) is 75.2 Å². The fourth-order valence-electron chi connectivity index (χ4n) is 5.03. The Morgan fingerprint density at radius 3 is 2.11 bits per heavy atom. The highest BCUT2D eigenvalue weighted by molar-refractivity contribution is 7.92. The van der Waals surface area contributed by atoms with Crippen molar-refractivity contribution in [1.82, 2.24) is 10.2 Å². The first-order valence-corrected chi connectivity index (χ1v) is 17.2. The minimum absolute atomic E-state index is 0.00384. The van der Waals surface area contributed by atoms with Crippen LogP contribution < -0.4 is 14.4 Å². The van der Waals surface area contributed by atoms with E-state index >= 15 is 0 Å². The van der Waals surface area contributed by atoms with Crippen LogP contribution in [0.4, 0.5) is 5.69 Å². The van der Waals surface area contributed by atoms with Crippen LogP contribution in [0.3, 0.4) is 0 Å². The van der Waals surface area contributed by atoms with Crippen molar-refractivity contribution < 1.29 is 22.7 Å². The lowest BCUT2D eigenvalue weighted by molar-refractivity contribution is -0.140. The predicted molar refractivity (Wildman–Crippen MR) is 188 cm³/mol. The molecule has 0 bridgehead atoms. The maximum absolute atomic E-state index is 14.7. The Balaban J connectivity index is 1.86. The van der Waals surface area contributed by atoms with E-state index in [-0.39, 0.29) is 40.2 Å². The topological polar surface area (TPSA) is 96.0 Å². The number of carbonyl (C=O) groups is 2. The van der Waals surface area contributed by atoms with E-state index in [1.807, 2.05) is 58.0 Å². The third kappa shape index (κ3) is 9.28. The number of amides is 2. The summed E-state index contributed by atoms with van der Waals surface area (Å²) in [6.45, 7) is 6.75. The molecule has 0 radical (unpaired) electrons. The number of nitrogens with one attached hydrogen (secondary N) is 1. The summed E-state index contributed by atoms with van der Waals surface area (Å²) >= 11 is 12.6. The second kappa shape index (κ2) is 15.2. The minimum Gasteiger partial charge on any atom is -0.495 e. The van der Waals surface area contributed by atoms with Crippen LogP contribution in [0.15, 0.2) is 102 Å². The number of nitrogens with zero attached hydrogens (tertiary/aromatic N) is 2. The summed E-state index contributed by atoms with van der Waals surface area (Å²) < 4.78 is 35.1. The molecule has 0 fully saturated rings. The normalized spacial score (nSPS) is 12.2. The third-order valence-corrected chi connectivity index (χ3v) is 9.86. The number of para-hydroxylation sites is 2. The number of carbonyl (C=O) groups excluding carboxylic acids is 2. The zero-order chi connectivity index (χ0) is 34.4. The molecule has 248 valence electrons. The van der Waals surface area contributed by atoms with Crippen LogP contribution in [-0.4, -0.2) is 50.4 Å². The van der Waals surface area contributed by atoms with Crippen molar-refractivity contribution in [1.29, 1.82) is 0 Å². The van der Waals surface area contributed by atoms with Crippen LogP contribution in [0, 0.1) is 6.92 Å². The minimum atomic E-state index is -4.28. The first kappa shape index (κ1) is 35.8. The third-order valence-electron chi connectivity index (χ3n) is 7.35. The van der Waals surface area contributed by atoms with Gasteiger partial charge in [0, 0.05) is 18.5 Å². The molecule has 0 unspecified atom stereocenters. The Bertz CT molecular complexity index is 1810. The molecule has 0 aliphatic heterocycles. The molecule has 0 aliphatic rings. The SMILES string of the molecule is COc1ccccc1N(CC(=O)N(Cc1ccc(Cl)c(Cl)c1)[C@@H](Cc1ccccc1)C(=O)NC(C)(C)C)S(=O)(=O)c1ccc(C)cc1. The number of ether oxygens (including phenoxy) is 1. The Kier molecular flexibility index (Phi) is 11.6.